The van der Waals surface area contributed by atoms with E-state index in [1.807, 2.05) is 0 Å². The number of amides is 1. The molecule has 0 aliphatic heterocycles. The highest BCUT2D eigenvalue weighted by Crippen LogP contribution is 2.24. The van der Waals surface area contributed by atoms with Crippen LogP contribution in [0.15, 0.2) is 66.7 Å². The maximum Gasteiger partial charge on any atom is 0.338 e. The van der Waals surface area contributed by atoms with Crippen molar-refractivity contribution >= 4 is 40.8 Å². The van der Waals surface area contributed by atoms with Crippen LogP contribution in [0.2, 0.25) is 10.0 Å². The third-order valence-corrected chi connectivity index (χ3v) is 4.54. The van der Waals surface area contributed by atoms with Crippen LogP contribution < -0.4 is 5.32 Å². The second-order valence-corrected chi connectivity index (χ2v) is 7.19. The molecule has 2 N–H and O–H groups in total. The number of anilines is 1. The molecule has 3 rings (SSSR count). The fraction of sp³-hybridized carbons (Fsp3) is 0.0909. The number of hydrogen-bond acceptors (Lipinski definition) is 4. The van der Waals surface area contributed by atoms with E-state index >= 15 is 0 Å². The molecule has 0 aromatic heterocycles. The zero-order valence-electron chi connectivity index (χ0n) is 15.4. The highest BCUT2D eigenvalue weighted by atomic mass is 35.5. The van der Waals surface area contributed by atoms with Crippen LogP contribution in [0.4, 0.5) is 5.69 Å². The molecule has 0 fully saturated rings. The molecule has 1 unspecified atom stereocenters. The van der Waals surface area contributed by atoms with Crippen LogP contribution in [0.1, 0.15) is 17.3 Å². The van der Waals surface area contributed by atoms with Gasteiger partial charge >= 0.3 is 5.97 Å². The predicted octanol–water partition coefficient (Wildman–Crippen LogP) is 5.55. The van der Waals surface area contributed by atoms with Crippen molar-refractivity contribution < 1.29 is 19.4 Å². The minimum absolute atomic E-state index is 0.182. The fourth-order valence-corrected chi connectivity index (χ4v) is 3.13. The van der Waals surface area contributed by atoms with Crippen LogP contribution in [0.5, 0.6) is 5.75 Å². The second-order valence-electron chi connectivity index (χ2n) is 6.32. The van der Waals surface area contributed by atoms with Gasteiger partial charge in [-0.3, -0.25) is 4.79 Å². The third-order valence-electron chi connectivity index (χ3n) is 4.10. The number of halogens is 2. The molecule has 7 heteroatoms. The Bertz CT molecular complexity index is 1010. The quantitative estimate of drug-likeness (QED) is 0.521. The number of aromatic hydroxyl groups is 1. The Morgan fingerprint density at radius 2 is 1.41 bits per heavy atom. The molecular formula is C22H17Cl2NO4. The van der Waals surface area contributed by atoms with Gasteiger partial charge in [-0.1, -0.05) is 47.5 Å². The number of phenolic OH excluding ortho intramolecular Hbond substituents is 1. The van der Waals surface area contributed by atoms with E-state index in [2.05, 4.69) is 5.32 Å². The monoisotopic (exact) mass is 429 g/mol. The fourth-order valence-electron chi connectivity index (χ4n) is 2.60. The summed E-state index contributed by atoms with van der Waals surface area (Å²) >= 11 is 11.8. The molecule has 3 aromatic carbocycles. The highest BCUT2D eigenvalue weighted by Gasteiger charge is 2.19. The van der Waals surface area contributed by atoms with Gasteiger partial charge in [-0.15, -0.1) is 0 Å². The largest absolute Gasteiger partial charge is 0.508 e. The van der Waals surface area contributed by atoms with Gasteiger partial charge in [0.25, 0.3) is 5.91 Å². The summed E-state index contributed by atoms with van der Waals surface area (Å²) in [7, 11) is 0. The van der Waals surface area contributed by atoms with Crippen molar-refractivity contribution in [3.05, 3.63) is 82.3 Å². The number of carbonyl (C=O) groups excluding carboxylic acids is 2. The molecule has 1 atom stereocenters. The first kappa shape index (κ1) is 20.7. The van der Waals surface area contributed by atoms with Crippen LogP contribution in [0.25, 0.3) is 11.1 Å². The Morgan fingerprint density at radius 3 is 1.97 bits per heavy atom. The molecule has 5 nitrogen and oxygen atoms in total. The Morgan fingerprint density at radius 1 is 0.897 bits per heavy atom. The van der Waals surface area contributed by atoms with Crippen molar-refractivity contribution in [3.8, 4) is 16.9 Å². The molecule has 0 bridgehead atoms. The van der Waals surface area contributed by atoms with E-state index in [9.17, 15) is 14.7 Å². The number of esters is 1. The normalized spacial score (nSPS) is 11.6. The molecule has 0 saturated heterocycles. The molecule has 1 amide bonds. The second kappa shape index (κ2) is 8.99. The van der Waals surface area contributed by atoms with Crippen LogP contribution in [-0.2, 0) is 9.53 Å². The SMILES string of the molecule is CC(OC(=O)c1ccc(-c2ccc(O)cc2)cc1)C(=O)Nc1cc(Cl)cc(Cl)c1. The van der Waals surface area contributed by atoms with E-state index in [-0.39, 0.29) is 5.75 Å². The van der Waals surface area contributed by atoms with Gasteiger partial charge in [0, 0.05) is 15.7 Å². The van der Waals surface area contributed by atoms with Crippen LogP contribution in [-0.4, -0.2) is 23.1 Å². The van der Waals surface area contributed by atoms with Gasteiger partial charge in [0.2, 0.25) is 0 Å². The van der Waals surface area contributed by atoms with Crippen LogP contribution in [0, 0.1) is 0 Å². The molecular weight excluding hydrogens is 413 g/mol. The molecule has 0 saturated carbocycles. The van der Waals surface area contributed by atoms with E-state index in [0.717, 1.165) is 11.1 Å². The van der Waals surface area contributed by atoms with Crippen molar-refractivity contribution in [1.82, 2.24) is 0 Å². The Labute approximate surface area is 177 Å². The van der Waals surface area contributed by atoms with Gasteiger partial charge < -0.3 is 15.2 Å². The van der Waals surface area contributed by atoms with Crippen LogP contribution in [0.3, 0.4) is 0 Å². The standard InChI is InChI=1S/C22H17Cl2NO4/c1-13(21(27)25-19-11-17(23)10-18(24)12-19)29-22(28)16-4-2-14(3-5-16)15-6-8-20(26)9-7-15/h2-13,26H,1H3,(H,25,27). The number of carbonyl (C=O) groups is 2. The lowest BCUT2D eigenvalue weighted by molar-refractivity contribution is -0.123. The lowest BCUT2D eigenvalue weighted by atomic mass is 10.0. The van der Waals surface area contributed by atoms with Gasteiger partial charge in [-0.25, -0.2) is 4.79 Å². The van der Waals surface area contributed by atoms with Gasteiger partial charge in [-0.2, -0.15) is 0 Å². The van der Waals surface area contributed by atoms with Gasteiger partial charge in [0.1, 0.15) is 5.75 Å². The first-order valence-corrected chi connectivity index (χ1v) is 9.45. The van der Waals surface area contributed by atoms with E-state index in [1.165, 1.54) is 6.92 Å². The molecule has 0 aliphatic rings. The van der Waals surface area contributed by atoms with Gasteiger partial charge in [0.05, 0.1) is 5.56 Å². The van der Waals surface area contributed by atoms with Crippen molar-refractivity contribution in [2.45, 2.75) is 13.0 Å². The number of ether oxygens (including phenoxy) is 1. The lowest BCUT2D eigenvalue weighted by Crippen LogP contribution is -2.30. The van der Waals surface area contributed by atoms with Crippen molar-refractivity contribution in [3.63, 3.8) is 0 Å². The number of benzene rings is 3. The summed E-state index contributed by atoms with van der Waals surface area (Å²) in [5.41, 5.74) is 2.51. The number of rotatable bonds is 5. The van der Waals surface area contributed by atoms with Gasteiger partial charge in [-0.05, 0) is 60.5 Å². The molecule has 0 spiro atoms. The number of nitrogens with one attached hydrogen (secondary N) is 1. The summed E-state index contributed by atoms with van der Waals surface area (Å²) in [4.78, 5) is 24.6. The number of phenols is 1. The topological polar surface area (TPSA) is 75.6 Å². The van der Waals surface area contributed by atoms with E-state index in [0.29, 0.717) is 21.3 Å². The molecule has 0 radical (unpaired) electrons. The summed E-state index contributed by atoms with van der Waals surface area (Å²) in [5, 5.41) is 12.7. The van der Waals surface area contributed by atoms with E-state index in [4.69, 9.17) is 27.9 Å². The Balaban J connectivity index is 1.62. The van der Waals surface area contributed by atoms with Crippen molar-refractivity contribution in [2.75, 3.05) is 5.32 Å². The maximum atomic E-state index is 12.3. The maximum absolute atomic E-state index is 12.3. The Kier molecular flexibility index (Phi) is 6.42. The zero-order valence-corrected chi connectivity index (χ0v) is 16.9. The summed E-state index contributed by atoms with van der Waals surface area (Å²) in [6, 6.07) is 18.1. The first-order valence-electron chi connectivity index (χ1n) is 8.69. The van der Waals surface area contributed by atoms with E-state index < -0.39 is 18.0 Å². The minimum Gasteiger partial charge on any atom is -0.508 e. The number of hydrogen-bond donors (Lipinski definition) is 2. The van der Waals surface area contributed by atoms with Crippen LogP contribution >= 0.6 is 23.2 Å². The summed E-state index contributed by atoms with van der Waals surface area (Å²) in [5.74, 6) is -0.937. The Hall–Kier alpha value is -3.02. The van der Waals surface area contributed by atoms with E-state index in [1.54, 1.807) is 66.7 Å². The molecule has 29 heavy (non-hydrogen) atoms. The smallest absolute Gasteiger partial charge is 0.338 e. The average Bonchev–Trinajstić information content (AvgIpc) is 2.68. The predicted molar refractivity (Wildman–Crippen MR) is 114 cm³/mol. The molecule has 3 aromatic rings. The first-order chi connectivity index (χ1) is 13.8. The minimum atomic E-state index is -1.02. The third kappa shape index (κ3) is 5.50. The molecule has 0 heterocycles. The highest BCUT2D eigenvalue weighted by molar-refractivity contribution is 6.35. The average molecular weight is 430 g/mol. The zero-order chi connectivity index (χ0) is 21.0. The summed E-state index contributed by atoms with van der Waals surface area (Å²) < 4.78 is 5.24. The lowest BCUT2D eigenvalue weighted by Gasteiger charge is -2.14. The van der Waals surface area contributed by atoms with Gasteiger partial charge in [0.15, 0.2) is 6.10 Å². The molecule has 148 valence electrons. The van der Waals surface area contributed by atoms with Crippen molar-refractivity contribution in [1.29, 1.82) is 0 Å². The summed E-state index contributed by atoms with van der Waals surface area (Å²) in [6.45, 7) is 1.48. The molecule has 0 aliphatic carbocycles. The summed E-state index contributed by atoms with van der Waals surface area (Å²) in [6.07, 6.45) is -1.02. The van der Waals surface area contributed by atoms with Crippen molar-refractivity contribution in [2.24, 2.45) is 0 Å².